The van der Waals surface area contributed by atoms with E-state index < -0.39 is 11.5 Å². The van der Waals surface area contributed by atoms with Gasteiger partial charge in [0.25, 0.3) is 11.5 Å². The fraction of sp³-hybridized carbons (Fsp3) is 0.158. The fourth-order valence-corrected chi connectivity index (χ4v) is 3.07. The number of aromatic nitrogens is 4. The van der Waals surface area contributed by atoms with Gasteiger partial charge in [0.15, 0.2) is 0 Å². The molecule has 142 valence electrons. The molecular weight excluding hydrogens is 362 g/mol. The number of carbonyl (C=O) groups is 2. The standard InChI is InChI=1S/C19H17N5O4/c1-28-19(27)13-10-24(9-12-16(13)22-23-17(12)25)7-6-20-18(26)15-8-11-4-2-3-5-14(11)21-15/h2-5,8-10,21H,6-7H2,1H3,(H,20,26)(H,23,25). The Bertz CT molecular complexity index is 1170. The number of methoxy groups -OCH3 is 1. The predicted molar refractivity (Wildman–Crippen MR) is 101 cm³/mol. The average Bonchev–Trinajstić information content (AvgIpc) is 3.31. The number of rotatable bonds is 5. The number of esters is 1. The minimum absolute atomic E-state index is 0.181. The molecule has 0 unspecified atom stereocenters. The summed E-state index contributed by atoms with van der Waals surface area (Å²) in [7, 11) is 1.26. The molecule has 0 saturated carbocycles. The zero-order valence-corrected chi connectivity index (χ0v) is 15.0. The van der Waals surface area contributed by atoms with Crippen LogP contribution in [0.2, 0.25) is 0 Å². The van der Waals surface area contributed by atoms with Crippen LogP contribution in [0, 0.1) is 0 Å². The molecule has 0 saturated heterocycles. The molecule has 1 aromatic heterocycles. The third-order valence-corrected chi connectivity index (χ3v) is 4.45. The minimum atomic E-state index is -0.590. The lowest BCUT2D eigenvalue weighted by atomic mass is 10.1. The number of hydrogen-bond acceptors (Lipinski definition) is 5. The maximum absolute atomic E-state index is 12.4. The van der Waals surface area contributed by atoms with Crippen molar-refractivity contribution < 1.29 is 14.3 Å². The van der Waals surface area contributed by atoms with E-state index in [9.17, 15) is 14.4 Å². The Morgan fingerprint density at radius 1 is 1.25 bits per heavy atom. The first-order valence-corrected chi connectivity index (χ1v) is 8.59. The zero-order valence-electron chi connectivity index (χ0n) is 15.0. The third-order valence-electron chi connectivity index (χ3n) is 4.45. The van der Waals surface area contributed by atoms with Crippen molar-refractivity contribution in [2.24, 2.45) is 0 Å². The smallest absolute Gasteiger partial charge is 0.341 e. The number of ether oxygens (including phenoxy) is 1. The van der Waals surface area contributed by atoms with Crippen LogP contribution in [0.4, 0.5) is 0 Å². The molecule has 9 heteroatoms. The van der Waals surface area contributed by atoms with Gasteiger partial charge in [0.2, 0.25) is 0 Å². The van der Waals surface area contributed by atoms with E-state index in [0.717, 1.165) is 10.9 Å². The fourth-order valence-electron chi connectivity index (χ4n) is 3.07. The number of nitrogens with one attached hydrogen (secondary N) is 3. The number of pyridine rings is 1. The summed E-state index contributed by atoms with van der Waals surface area (Å²) < 4.78 is 6.41. The lowest BCUT2D eigenvalue weighted by Gasteiger charge is -2.12. The number of amides is 1. The number of carbonyl (C=O) groups excluding carboxylic acids is 2. The van der Waals surface area contributed by atoms with Crippen molar-refractivity contribution in [1.82, 2.24) is 25.1 Å². The van der Waals surface area contributed by atoms with E-state index >= 15 is 0 Å². The molecule has 0 radical (unpaired) electrons. The van der Waals surface area contributed by atoms with Crippen LogP contribution in [0.3, 0.4) is 0 Å². The Hall–Kier alpha value is -3.88. The van der Waals surface area contributed by atoms with E-state index in [1.54, 1.807) is 23.0 Å². The molecule has 3 heterocycles. The number of nitrogens with zero attached hydrogens (tertiary/aromatic N) is 2. The highest BCUT2D eigenvalue weighted by molar-refractivity contribution is 5.98. The van der Waals surface area contributed by atoms with Gasteiger partial charge in [-0.05, 0) is 12.1 Å². The van der Waals surface area contributed by atoms with Crippen molar-refractivity contribution in [3.63, 3.8) is 0 Å². The highest BCUT2D eigenvalue weighted by Crippen LogP contribution is 2.20. The van der Waals surface area contributed by atoms with Crippen molar-refractivity contribution in [1.29, 1.82) is 0 Å². The number of fused-ring (bicyclic) bond motifs is 2. The van der Waals surface area contributed by atoms with Gasteiger partial charge in [0.05, 0.1) is 12.7 Å². The Morgan fingerprint density at radius 2 is 2.07 bits per heavy atom. The molecule has 3 N–H and O–H groups in total. The van der Waals surface area contributed by atoms with E-state index in [1.165, 1.54) is 7.11 Å². The van der Waals surface area contributed by atoms with Crippen LogP contribution in [-0.2, 0) is 11.3 Å². The second kappa shape index (κ2) is 7.03. The van der Waals surface area contributed by atoms with E-state index in [0.29, 0.717) is 18.8 Å². The Labute approximate surface area is 158 Å². The summed E-state index contributed by atoms with van der Waals surface area (Å²) in [4.78, 5) is 39.3. The van der Waals surface area contributed by atoms with Gasteiger partial charge >= 0.3 is 5.97 Å². The maximum atomic E-state index is 12.4. The summed E-state index contributed by atoms with van der Waals surface area (Å²) >= 11 is 0. The van der Waals surface area contributed by atoms with Gasteiger partial charge in [-0.25, -0.2) is 9.89 Å². The molecule has 0 fully saturated rings. The van der Waals surface area contributed by atoms with E-state index in [4.69, 9.17) is 4.74 Å². The molecule has 0 atom stereocenters. The van der Waals surface area contributed by atoms with E-state index in [1.807, 2.05) is 24.3 Å². The van der Waals surface area contributed by atoms with Crippen molar-refractivity contribution in [2.45, 2.75) is 6.54 Å². The Morgan fingerprint density at radius 3 is 2.86 bits per heavy atom. The van der Waals surface area contributed by atoms with Crippen LogP contribution in [-0.4, -0.2) is 45.3 Å². The summed E-state index contributed by atoms with van der Waals surface area (Å²) in [5.41, 5.74) is 1.68. The van der Waals surface area contributed by atoms with Gasteiger partial charge in [-0.1, -0.05) is 18.2 Å². The number of aromatic amines is 2. The first-order valence-electron chi connectivity index (χ1n) is 8.59. The van der Waals surface area contributed by atoms with Crippen LogP contribution < -0.4 is 10.9 Å². The van der Waals surface area contributed by atoms with Gasteiger partial charge in [0.1, 0.15) is 17.0 Å². The van der Waals surface area contributed by atoms with Crippen LogP contribution in [0.25, 0.3) is 22.2 Å². The zero-order chi connectivity index (χ0) is 19.7. The number of para-hydroxylation sites is 1. The van der Waals surface area contributed by atoms with Gasteiger partial charge < -0.3 is 19.6 Å². The maximum Gasteiger partial charge on any atom is 0.341 e. The average molecular weight is 379 g/mol. The van der Waals surface area contributed by atoms with Gasteiger partial charge in [0, 0.05) is 36.4 Å². The first-order chi connectivity index (χ1) is 13.6. The summed E-state index contributed by atoms with van der Waals surface area (Å²) in [6.45, 7) is 0.660. The van der Waals surface area contributed by atoms with Crippen molar-refractivity contribution in [2.75, 3.05) is 13.7 Å². The Kier molecular flexibility index (Phi) is 4.40. The van der Waals surface area contributed by atoms with Gasteiger partial charge in [-0.3, -0.25) is 9.59 Å². The van der Waals surface area contributed by atoms with Gasteiger partial charge in [-0.15, -0.1) is 0 Å². The van der Waals surface area contributed by atoms with Crippen molar-refractivity contribution >= 4 is 22.8 Å². The monoisotopic (exact) mass is 379 g/mol. The largest absolute Gasteiger partial charge is 0.465 e. The highest BCUT2D eigenvalue weighted by Gasteiger charge is 2.21. The van der Waals surface area contributed by atoms with Crippen molar-refractivity contribution in [3.8, 4) is 11.3 Å². The molecule has 9 nitrogen and oxygen atoms in total. The molecule has 0 spiro atoms. The topological polar surface area (TPSA) is 122 Å². The lowest BCUT2D eigenvalue weighted by Crippen LogP contribution is -2.27. The molecule has 2 aromatic rings. The predicted octanol–water partition coefficient (Wildman–Crippen LogP) is 1.37. The summed E-state index contributed by atoms with van der Waals surface area (Å²) in [6.07, 6.45) is 3.13. The molecule has 0 bridgehead atoms. The SMILES string of the molecule is COC(=O)c1cn(CCNC(=O)c2cc3ccccc3[nH]2)cc2c(=O)[nH]nc1-2. The van der Waals surface area contributed by atoms with Crippen molar-refractivity contribution in [3.05, 3.63) is 64.3 Å². The van der Waals surface area contributed by atoms with Crippen LogP contribution >= 0.6 is 0 Å². The minimum Gasteiger partial charge on any atom is -0.465 e. The number of H-pyrrole nitrogens is 2. The number of benzene rings is 1. The molecule has 2 aliphatic heterocycles. The van der Waals surface area contributed by atoms with Crippen LogP contribution in [0.1, 0.15) is 20.8 Å². The third kappa shape index (κ3) is 3.13. The summed E-state index contributed by atoms with van der Waals surface area (Å²) in [5, 5.41) is 9.98. The second-order valence-corrected chi connectivity index (χ2v) is 6.24. The first kappa shape index (κ1) is 17.5. The lowest BCUT2D eigenvalue weighted by molar-refractivity contribution is 0.0600. The summed E-state index contributed by atoms with van der Waals surface area (Å²) in [5.74, 6) is -0.827. The Balaban J connectivity index is 1.50. The van der Waals surface area contributed by atoms with E-state index in [2.05, 4.69) is 20.5 Å². The molecule has 1 amide bonds. The summed E-state index contributed by atoms with van der Waals surface area (Å²) in [6, 6.07) is 9.41. The second-order valence-electron chi connectivity index (χ2n) is 6.24. The molecule has 2 aliphatic rings. The van der Waals surface area contributed by atoms with Crippen LogP contribution in [0.5, 0.6) is 0 Å². The quantitative estimate of drug-likeness (QED) is 0.452. The highest BCUT2D eigenvalue weighted by atomic mass is 16.5. The van der Waals surface area contributed by atoms with Crippen LogP contribution in [0.15, 0.2) is 47.5 Å². The molecule has 0 aliphatic carbocycles. The normalized spacial score (nSPS) is 11.0. The van der Waals surface area contributed by atoms with E-state index in [-0.39, 0.29) is 22.7 Å². The molecular formula is C19H17N5O4. The number of hydrogen-bond donors (Lipinski definition) is 3. The molecule has 28 heavy (non-hydrogen) atoms. The molecule has 1 aromatic carbocycles. The molecule has 4 rings (SSSR count). The van der Waals surface area contributed by atoms with Gasteiger partial charge in [-0.2, -0.15) is 5.10 Å².